The van der Waals surface area contributed by atoms with Gasteiger partial charge in [0.15, 0.2) is 0 Å². The van der Waals surface area contributed by atoms with Gasteiger partial charge >= 0.3 is 0 Å². The number of hydrogen-bond donors (Lipinski definition) is 0. The van der Waals surface area contributed by atoms with Crippen molar-refractivity contribution in [3.63, 3.8) is 0 Å². The molecule has 0 amide bonds. The van der Waals surface area contributed by atoms with Crippen LogP contribution in [0.5, 0.6) is 5.75 Å². The molecule has 4 heteroatoms. The SMILES string of the molecule is COc1cccc2cc(CCCN3CCN(C)CC3)n(C)c12. The number of para-hydroxylation sites is 1. The van der Waals surface area contributed by atoms with Gasteiger partial charge in [0.25, 0.3) is 0 Å². The molecule has 1 aliphatic rings. The lowest BCUT2D eigenvalue weighted by Gasteiger charge is -2.32. The summed E-state index contributed by atoms with van der Waals surface area (Å²) in [5.41, 5.74) is 2.60. The molecular weight excluding hydrogens is 274 g/mol. The Balaban J connectivity index is 1.63. The van der Waals surface area contributed by atoms with E-state index < -0.39 is 0 Å². The van der Waals surface area contributed by atoms with Crippen LogP contribution < -0.4 is 4.74 Å². The van der Waals surface area contributed by atoms with Crippen molar-refractivity contribution in [2.75, 3.05) is 46.9 Å². The fraction of sp³-hybridized carbons (Fsp3) is 0.556. The van der Waals surface area contributed by atoms with Crippen molar-refractivity contribution < 1.29 is 4.74 Å². The zero-order chi connectivity index (χ0) is 15.5. The molecule has 0 unspecified atom stereocenters. The van der Waals surface area contributed by atoms with Crippen LogP contribution >= 0.6 is 0 Å². The number of aromatic nitrogens is 1. The van der Waals surface area contributed by atoms with Crippen LogP contribution in [0.25, 0.3) is 10.9 Å². The van der Waals surface area contributed by atoms with Gasteiger partial charge in [-0.2, -0.15) is 0 Å². The molecule has 1 saturated heterocycles. The van der Waals surface area contributed by atoms with E-state index in [4.69, 9.17) is 4.74 Å². The van der Waals surface area contributed by atoms with Gasteiger partial charge in [0, 0.05) is 44.3 Å². The minimum Gasteiger partial charge on any atom is -0.495 e. The number of fused-ring (bicyclic) bond motifs is 1. The van der Waals surface area contributed by atoms with Gasteiger partial charge in [-0.3, -0.25) is 0 Å². The van der Waals surface area contributed by atoms with E-state index in [0.717, 1.165) is 12.2 Å². The van der Waals surface area contributed by atoms with Gasteiger partial charge in [-0.1, -0.05) is 12.1 Å². The predicted octanol–water partition coefficient (Wildman–Crippen LogP) is 2.37. The minimum absolute atomic E-state index is 0.963. The van der Waals surface area contributed by atoms with E-state index in [1.54, 1.807) is 7.11 Å². The van der Waals surface area contributed by atoms with Crippen molar-refractivity contribution >= 4 is 10.9 Å². The maximum absolute atomic E-state index is 5.50. The van der Waals surface area contributed by atoms with Gasteiger partial charge in [0.05, 0.1) is 12.6 Å². The fourth-order valence-corrected chi connectivity index (χ4v) is 3.39. The summed E-state index contributed by atoms with van der Waals surface area (Å²) in [6, 6.07) is 8.58. The Kier molecular flexibility index (Phi) is 4.69. The summed E-state index contributed by atoms with van der Waals surface area (Å²) in [5.74, 6) is 0.963. The number of piperazine rings is 1. The lowest BCUT2D eigenvalue weighted by molar-refractivity contribution is 0.153. The van der Waals surface area contributed by atoms with Gasteiger partial charge in [-0.25, -0.2) is 0 Å². The number of rotatable bonds is 5. The van der Waals surface area contributed by atoms with Crippen LogP contribution in [0.4, 0.5) is 0 Å². The molecule has 0 bridgehead atoms. The number of ether oxygens (including phenoxy) is 1. The highest BCUT2D eigenvalue weighted by atomic mass is 16.5. The number of benzene rings is 1. The van der Waals surface area contributed by atoms with Crippen LogP contribution in [0.15, 0.2) is 24.3 Å². The molecule has 0 saturated carbocycles. The zero-order valence-corrected chi connectivity index (χ0v) is 14.0. The molecule has 22 heavy (non-hydrogen) atoms. The summed E-state index contributed by atoms with van der Waals surface area (Å²) in [6.45, 7) is 6.02. The summed E-state index contributed by atoms with van der Waals surface area (Å²) in [6.07, 6.45) is 2.34. The topological polar surface area (TPSA) is 20.6 Å². The van der Waals surface area contributed by atoms with E-state index in [0.29, 0.717) is 0 Å². The standard InChI is InChI=1S/C18H27N3O/c1-19-10-12-21(13-11-19)9-5-7-16-14-15-6-4-8-17(22-3)18(15)20(16)2/h4,6,8,14H,5,7,9-13H2,1-3H3. The van der Waals surface area contributed by atoms with Crippen molar-refractivity contribution in [3.05, 3.63) is 30.0 Å². The summed E-state index contributed by atoms with van der Waals surface area (Å²) >= 11 is 0. The normalized spacial score (nSPS) is 17.2. The highest BCUT2D eigenvalue weighted by Crippen LogP contribution is 2.28. The first-order chi connectivity index (χ1) is 10.7. The zero-order valence-electron chi connectivity index (χ0n) is 14.0. The Bertz CT molecular complexity index is 627. The third-order valence-electron chi connectivity index (χ3n) is 4.84. The van der Waals surface area contributed by atoms with Crippen molar-refractivity contribution in [1.29, 1.82) is 0 Å². The van der Waals surface area contributed by atoms with E-state index in [1.165, 1.54) is 55.7 Å². The Morgan fingerprint density at radius 1 is 1.09 bits per heavy atom. The smallest absolute Gasteiger partial charge is 0.143 e. The van der Waals surface area contributed by atoms with Gasteiger partial charge in [0.1, 0.15) is 5.75 Å². The van der Waals surface area contributed by atoms with Crippen molar-refractivity contribution in [2.45, 2.75) is 12.8 Å². The molecule has 2 heterocycles. The first-order valence-electron chi connectivity index (χ1n) is 8.21. The fourth-order valence-electron chi connectivity index (χ4n) is 3.39. The van der Waals surface area contributed by atoms with Crippen LogP contribution in [0.1, 0.15) is 12.1 Å². The number of aryl methyl sites for hydroxylation is 2. The van der Waals surface area contributed by atoms with Crippen LogP contribution in [-0.4, -0.2) is 61.2 Å². The lowest BCUT2D eigenvalue weighted by atomic mass is 10.2. The average Bonchev–Trinajstić information content (AvgIpc) is 2.86. The van der Waals surface area contributed by atoms with Crippen LogP contribution in [0.3, 0.4) is 0 Å². The van der Waals surface area contributed by atoms with Crippen LogP contribution in [0.2, 0.25) is 0 Å². The largest absolute Gasteiger partial charge is 0.495 e. The summed E-state index contributed by atoms with van der Waals surface area (Å²) in [7, 11) is 6.10. The predicted molar refractivity (Wildman–Crippen MR) is 91.7 cm³/mol. The van der Waals surface area contributed by atoms with Crippen LogP contribution in [-0.2, 0) is 13.5 Å². The molecule has 1 aromatic heterocycles. The summed E-state index contributed by atoms with van der Waals surface area (Å²) < 4.78 is 7.79. The van der Waals surface area contributed by atoms with Crippen molar-refractivity contribution in [3.8, 4) is 5.75 Å². The highest BCUT2D eigenvalue weighted by Gasteiger charge is 2.14. The molecule has 4 nitrogen and oxygen atoms in total. The first kappa shape index (κ1) is 15.4. The molecule has 2 aromatic rings. The molecule has 0 N–H and O–H groups in total. The Morgan fingerprint density at radius 2 is 1.86 bits per heavy atom. The lowest BCUT2D eigenvalue weighted by Crippen LogP contribution is -2.44. The molecule has 0 atom stereocenters. The maximum atomic E-state index is 5.50. The van der Waals surface area contributed by atoms with Gasteiger partial charge in [-0.15, -0.1) is 0 Å². The molecule has 0 aliphatic carbocycles. The monoisotopic (exact) mass is 301 g/mol. The Labute approximate surface area is 133 Å². The average molecular weight is 301 g/mol. The number of nitrogens with zero attached hydrogens (tertiary/aromatic N) is 3. The third kappa shape index (κ3) is 3.13. The van der Waals surface area contributed by atoms with E-state index in [2.05, 4.69) is 46.7 Å². The third-order valence-corrected chi connectivity index (χ3v) is 4.84. The molecule has 0 spiro atoms. The van der Waals surface area contributed by atoms with E-state index in [1.807, 2.05) is 6.07 Å². The number of hydrogen-bond acceptors (Lipinski definition) is 3. The minimum atomic E-state index is 0.963. The van der Waals surface area contributed by atoms with Crippen molar-refractivity contribution in [2.24, 2.45) is 7.05 Å². The van der Waals surface area contributed by atoms with E-state index in [-0.39, 0.29) is 0 Å². The summed E-state index contributed by atoms with van der Waals surface area (Å²) in [5, 5.41) is 1.27. The molecule has 1 aliphatic heterocycles. The quantitative estimate of drug-likeness (QED) is 0.846. The molecule has 1 aromatic carbocycles. The molecule has 3 rings (SSSR count). The molecular formula is C18H27N3O. The van der Waals surface area contributed by atoms with E-state index >= 15 is 0 Å². The Hall–Kier alpha value is -1.52. The second kappa shape index (κ2) is 6.71. The Morgan fingerprint density at radius 3 is 2.59 bits per heavy atom. The van der Waals surface area contributed by atoms with Gasteiger partial charge in [0.2, 0.25) is 0 Å². The number of methoxy groups -OCH3 is 1. The van der Waals surface area contributed by atoms with Crippen LogP contribution in [0, 0.1) is 0 Å². The molecule has 1 fully saturated rings. The maximum Gasteiger partial charge on any atom is 0.143 e. The summed E-state index contributed by atoms with van der Waals surface area (Å²) in [4.78, 5) is 5.00. The highest BCUT2D eigenvalue weighted by molar-refractivity contribution is 5.87. The van der Waals surface area contributed by atoms with Crippen molar-refractivity contribution in [1.82, 2.24) is 14.4 Å². The van der Waals surface area contributed by atoms with E-state index in [9.17, 15) is 0 Å². The molecule has 0 radical (unpaired) electrons. The second-order valence-corrected chi connectivity index (χ2v) is 6.34. The first-order valence-corrected chi connectivity index (χ1v) is 8.21. The molecule has 120 valence electrons. The second-order valence-electron chi connectivity index (χ2n) is 6.34. The number of likely N-dealkylation sites (N-methyl/N-ethyl adjacent to an activating group) is 1. The van der Waals surface area contributed by atoms with Gasteiger partial charge in [-0.05, 0) is 38.6 Å². The van der Waals surface area contributed by atoms with Gasteiger partial charge < -0.3 is 19.1 Å².